The minimum Gasteiger partial charge on any atom is -0.497 e. The Morgan fingerprint density at radius 1 is 1.22 bits per heavy atom. The van der Waals surface area contributed by atoms with Crippen molar-refractivity contribution in [2.75, 3.05) is 13.7 Å². The zero-order chi connectivity index (χ0) is 19.3. The molecule has 0 saturated carbocycles. The first-order chi connectivity index (χ1) is 12.8. The predicted octanol–water partition coefficient (Wildman–Crippen LogP) is 3.58. The number of ether oxygens (including phenoxy) is 2. The van der Waals surface area contributed by atoms with Gasteiger partial charge in [0.15, 0.2) is 0 Å². The number of amides is 1. The molecule has 27 heavy (non-hydrogen) atoms. The zero-order valence-corrected chi connectivity index (χ0v) is 16.1. The molecule has 142 valence electrons. The SMILES string of the molecule is COc1ccc2c(c1)CCN1C(=O)c3ccn(C(=O)OC(C)(C)C)c3CC21. The van der Waals surface area contributed by atoms with E-state index in [1.54, 1.807) is 19.4 Å². The third-order valence-electron chi connectivity index (χ3n) is 5.17. The number of hydrogen-bond acceptors (Lipinski definition) is 4. The third-order valence-corrected chi connectivity index (χ3v) is 5.17. The highest BCUT2D eigenvalue weighted by Gasteiger charge is 2.39. The lowest BCUT2D eigenvalue weighted by Gasteiger charge is -2.40. The van der Waals surface area contributed by atoms with Crippen LogP contribution in [0.4, 0.5) is 4.79 Å². The summed E-state index contributed by atoms with van der Waals surface area (Å²) in [5.41, 5.74) is 3.04. The number of carbonyl (C=O) groups excluding carboxylic acids is 2. The van der Waals surface area contributed by atoms with E-state index in [2.05, 4.69) is 0 Å². The Morgan fingerprint density at radius 2 is 2.00 bits per heavy atom. The first kappa shape index (κ1) is 17.6. The van der Waals surface area contributed by atoms with E-state index in [0.29, 0.717) is 18.5 Å². The molecule has 4 rings (SSSR count). The number of aromatic nitrogens is 1. The summed E-state index contributed by atoms with van der Waals surface area (Å²) >= 11 is 0. The summed E-state index contributed by atoms with van der Waals surface area (Å²) in [5.74, 6) is 0.798. The number of carbonyl (C=O) groups is 2. The monoisotopic (exact) mass is 368 g/mol. The van der Waals surface area contributed by atoms with Gasteiger partial charge < -0.3 is 14.4 Å². The van der Waals surface area contributed by atoms with E-state index in [4.69, 9.17) is 9.47 Å². The summed E-state index contributed by atoms with van der Waals surface area (Å²) < 4.78 is 12.3. The summed E-state index contributed by atoms with van der Waals surface area (Å²) in [5, 5.41) is 0. The number of benzene rings is 1. The normalized spacial score (nSPS) is 18.4. The van der Waals surface area contributed by atoms with Gasteiger partial charge in [-0.3, -0.25) is 9.36 Å². The number of hydrogen-bond donors (Lipinski definition) is 0. The van der Waals surface area contributed by atoms with Crippen LogP contribution in [0, 0.1) is 0 Å². The fraction of sp³-hybridized carbons (Fsp3) is 0.429. The molecule has 1 aromatic carbocycles. The Hall–Kier alpha value is -2.76. The lowest BCUT2D eigenvalue weighted by atomic mass is 9.86. The van der Waals surface area contributed by atoms with Gasteiger partial charge in [-0.1, -0.05) is 6.07 Å². The van der Waals surface area contributed by atoms with E-state index < -0.39 is 11.7 Å². The van der Waals surface area contributed by atoms with Crippen LogP contribution in [0.5, 0.6) is 5.75 Å². The van der Waals surface area contributed by atoms with E-state index in [-0.39, 0.29) is 11.9 Å². The van der Waals surface area contributed by atoms with Crippen LogP contribution in [0.25, 0.3) is 0 Å². The van der Waals surface area contributed by atoms with E-state index >= 15 is 0 Å². The van der Waals surface area contributed by atoms with Gasteiger partial charge in [-0.05, 0) is 56.5 Å². The fourth-order valence-electron chi connectivity index (χ4n) is 3.97. The smallest absolute Gasteiger partial charge is 0.418 e. The van der Waals surface area contributed by atoms with Crippen molar-refractivity contribution in [3.8, 4) is 5.75 Å². The van der Waals surface area contributed by atoms with Crippen LogP contribution in [0.1, 0.15) is 54.0 Å². The number of fused-ring (bicyclic) bond motifs is 4. The van der Waals surface area contributed by atoms with Gasteiger partial charge in [0.1, 0.15) is 11.4 Å². The summed E-state index contributed by atoms with van der Waals surface area (Å²) in [6, 6.07) is 7.65. The highest BCUT2D eigenvalue weighted by molar-refractivity contribution is 5.98. The molecule has 0 N–H and O–H groups in total. The molecule has 0 bridgehead atoms. The average Bonchev–Trinajstić information content (AvgIpc) is 3.04. The van der Waals surface area contributed by atoms with Crippen LogP contribution in [0.15, 0.2) is 30.5 Å². The molecule has 1 atom stereocenters. The van der Waals surface area contributed by atoms with Crippen LogP contribution in [0.3, 0.4) is 0 Å². The fourth-order valence-corrected chi connectivity index (χ4v) is 3.97. The lowest BCUT2D eigenvalue weighted by Crippen LogP contribution is -2.45. The van der Waals surface area contributed by atoms with Crippen molar-refractivity contribution in [1.29, 1.82) is 0 Å². The highest BCUT2D eigenvalue weighted by atomic mass is 16.6. The molecule has 0 aliphatic carbocycles. The van der Waals surface area contributed by atoms with Gasteiger partial charge in [-0.2, -0.15) is 0 Å². The lowest BCUT2D eigenvalue weighted by molar-refractivity contribution is 0.0522. The van der Waals surface area contributed by atoms with Gasteiger partial charge in [-0.15, -0.1) is 0 Å². The largest absolute Gasteiger partial charge is 0.497 e. The van der Waals surface area contributed by atoms with Crippen molar-refractivity contribution in [3.05, 3.63) is 52.8 Å². The molecular weight excluding hydrogens is 344 g/mol. The second kappa shape index (κ2) is 6.15. The molecule has 1 unspecified atom stereocenters. The molecule has 0 saturated heterocycles. The van der Waals surface area contributed by atoms with Crippen LogP contribution in [-0.2, 0) is 17.6 Å². The maximum atomic E-state index is 13.0. The van der Waals surface area contributed by atoms with Crippen molar-refractivity contribution >= 4 is 12.0 Å². The van der Waals surface area contributed by atoms with Crippen molar-refractivity contribution in [3.63, 3.8) is 0 Å². The Morgan fingerprint density at radius 3 is 2.70 bits per heavy atom. The van der Waals surface area contributed by atoms with E-state index in [1.165, 1.54) is 10.1 Å². The Balaban J connectivity index is 1.72. The van der Waals surface area contributed by atoms with Gasteiger partial charge in [0, 0.05) is 24.9 Å². The first-order valence-electron chi connectivity index (χ1n) is 9.20. The second-order valence-electron chi connectivity index (χ2n) is 8.06. The van der Waals surface area contributed by atoms with Crippen molar-refractivity contribution in [1.82, 2.24) is 9.47 Å². The average molecular weight is 368 g/mol. The first-order valence-corrected chi connectivity index (χ1v) is 9.20. The van der Waals surface area contributed by atoms with Gasteiger partial charge in [-0.25, -0.2) is 4.79 Å². The molecule has 2 aliphatic heterocycles. The minimum absolute atomic E-state index is 0.0231. The van der Waals surface area contributed by atoms with Gasteiger partial charge in [0.05, 0.1) is 18.7 Å². The Labute approximate surface area is 158 Å². The van der Waals surface area contributed by atoms with E-state index in [1.807, 2.05) is 43.9 Å². The Bertz CT molecular complexity index is 923. The van der Waals surface area contributed by atoms with Crippen molar-refractivity contribution in [2.24, 2.45) is 0 Å². The molecule has 3 heterocycles. The summed E-state index contributed by atoms with van der Waals surface area (Å²) in [7, 11) is 1.65. The molecule has 6 heteroatoms. The van der Waals surface area contributed by atoms with E-state index in [9.17, 15) is 9.59 Å². The van der Waals surface area contributed by atoms with E-state index in [0.717, 1.165) is 23.4 Å². The Kier molecular flexibility index (Phi) is 4.02. The van der Waals surface area contributed by atoms with Gasteiger partial charge >= 0.3 is 6.09 Å². The van der Waals surface area contributed by atoms with Crippen molar-refractivity contribution < 1.29 is 19.1 Å². The molecule has 0 radical (unpaired) electrons. The molecule has 6 nitrogen and oxygen atoms in total. The molecule has 1 amide bonds. The second-order valence-corrected chi connectivity index (χ2v) is 8.06. The third kappa shape index (κ3) is 2.99. The number of rotatable bonds is 1. The molecule has 0 spiro atoms. The highest BCUT2D eigenvalue weighted by Crippen LogP contribution is 2.39. The molecule has 1 aromatic heterocycles. The van der Waals surface area contributed by atoms with Crippen LogP contribution in [0.2, 0.25) is 0 Å². The van der Waals surface area contributed by atoms with Crippen molar-refractivity contribution in [2.45, 2.75) is 45.3 Å². The summed E-state index contributed by atoms with van der Waals surface area (Å²) in [6.45, 7) is 6.16. The topological polar surface area (TPSA) is 60.8 Å². The maximum absolute atomic E-state index is 13.0. The number of methoxy groups -OCH3 is 1. The van der Waals surface area contributed by atoms with Crippen LogP contribution in [-0.4, -0.2) is 40.7 Å². The zero-order valence-electron chi connectivity index (χ0n) is 16.1. The van der Waals surface area contributed by atoms with Crippen LogP contribution >= 0.6 is 0 Å². The summed E-state index contributed by atoms with van der Waals surface area (Å²) in [4.78, 5) is 27.5. The van der Waals surface area contributed by atoms with Gasteiger partial charge in [0.2, 0.25) is 0 Å². The molecule has 2 aliphatic rings. The van der Waals surface area contributed by atoms with Crippen LogP contribution < -0.4 is 4.74 Å². The molecule has 2 aromatic rings. The number of nitrogens with zero attached hydrogens (tertiary/aromatic N) is 2. The molecular formula is C21H24N2O4. The maximum Gasteiger partial charge on any atom is 0.418 e. The predicted molar refractivity (Wildman–Crippen MR) is 100 cm³/mol. The standard InChI is InChI=1S/C21H24N2O4/c1-21(2,3)27-20(25)23-10-8-16-18(23)12-17-15-6-5-14(26-4)11-13(15)7-9-22(17)19(16)24/h5-6,8,10-11,17H,7,9,12H2,1-4H3. The quantitative estimate of drug-likeness (QED) is 0.772. The minimum atomic E-state index is -0.590. The summed E-state index contributed by atoms with van der Waals surface area (Å²) in [6.07, 6.45) is 2.59. The van der Waals surface area contributed by atoms with Gasteiger partial charge in [0.25, 0.3) is 5.91 Å². The molecule has 0 fully saturated rings.